The second-order valence-corrected chi connectivity index (χ2v) is 5.31. The molecular formula is C7H6ClN3O2S. The molecule has 0 atom stereocenters. The summed E-state index contributed by atoms with van der Waals surface area (Å²) in [6.45, 7) is 0. The maximum absolute atomic E-state index is 11.0. The van der Waals surface area contributed by atoms with E-state index in [4.69, 9.17) is 16.5 Å². The standard InChI is InChI=1S/C7H6ClN3O2S/c8-14(12,13)5-1-2-7-6(3-5)10-4-11(7)9/h1-4H,9H2. The second kappa shape index (κ2) is 2.86. The smallest absolute Gasteiger partial charge is 0.261 e. The number of halogens is 1. The molecule has 0 aliphatic heterocycles. The molecule has 0 unspecified atom stereocenters. The summed E-state index contributed by atoms with van der Waals surface area (Å²) in [7, 11) is 1.47. The lowest BCUT2D eigenvalue weighted by Crippen LogP contribution is -2.05. The molecule has 0 fully saturated rings. The molecule has 1 aromatic heterocycles. The van der Waals surface area contributed by atoms with Gasteiger partial charge in [-0.1, -0.05) is 0 Å². The minimum Gasteiger partial charge on any atom is -0.338 e. The molecule has 0 bridgehead atoms. The molecule has 0 saturated carbocycles. The molecule has 1 heterocycles. The number of fused-ring (bicyclic) bond motifs is 1. The fourth-order valence-electron chi connectivity index (χ4n) is 1.16. The van der Waals surface area contributed by atoms with Gasteiger partial charge in [-0.05, 0) is 18.2 Å². The van der Waals surface area contributed by atoms with Gasteiger partial charge in [0.2, 0.25) is 0 Å². The van der Waals surface area contributed by atoms with Crippen LogP contribution in [-0.2, 0) is 9.05 Å². The van der Waals surface area contributed by atoms with Crippen LogP contribution in [0.1, 0.15) is 0 Å². The SMILES string of the molecule is Nn1cnc2cc(S(=O)(=O)Cl)ccc21. The van der Waals surface area contributed by atoms with Crippen LogP contribution in [0.15, 0.2) is 29.4 Å². The first-order valence-corrected chi connectivity index (χ1v) is 5.96. The molecule has 0 saturated heterocycles. The number of benzene rings is 1. The van der Waals surface area contributed by atoms with Gasteiger partial charge in [0.1, 0.15) is 6.33 Å². The quantitative estimate of drug-likeness (QED) is 0.578. The van der Waals surface area contributed by atoms with Gasteiger partial charge in [0.05, 0.1) is 15.9 Å². The van der Waals surface area contributed by atoms with Gasteiger partial charge in [0.15, 0.2) is 0 Å². The monoisotopic (exact) mass is 231 g/mol. The summed E-state index contributed by atoms with van der Waals surface area (Å²) >= 11 is 0. The molecule has 0 radical (unpaired) electrons. The Balaban J connectivity index is 2.76. The molecule has 0 aliphatic rings. The Kier molecular flexibility index (Phi) is 1.90. The van der Waals surface area contributed by atoms with Gasteiger partial charge in [0, 0.05) is 10.7 Å². The van der Waals surface area contributed by atoms with Gasteiger partial charge in [-0.2, -0.15) is 0 Å². The van der Waals surface area contributed by atoms with Gasteiger partial charge in [-0.3, -0.25) is 0 Å². The van der Waals surface area contributed by atoms with Crippen molar-refractivity contribution in [1.29, 1.82) is 0 Å². The average molecular weight is 232 g/mol. The summed E-state index contributed by atoms with van der Waals surface area (Å²) in [4.78, 5) is 3.93. The minimum absolute atomic E-state index is 0.0189. The van der Waals surface area contributed by atoms with E-state index in [9.17, 15) is 8.42 Å². The molecule has 0 aliphatic carbocycles. The Morgan fingerprint density at radius 1 is 1.43 bits per heavy atom. The zero-order valence-electron chi connectivity index (χ0n) is 6.88. The molecule has 0 amide bonds. The molecule has 7 heteroatoms. The molecule has 5 nitrogen and oxygen atoms in total. The summed E-state index contributed by atoms with van der Waals surface area (Å²) in [5.74, 6) is 5.51. The molecule has 2 N–H and O–H groups in total. The summed E-state index contributed by atoms with van der Waals surface area (Å²) in [6, 6.07) is 4.31. The summed E-state index contributed by atoms with van der Waals surface area (Å²) in [5, 5.41) is 0. The van der Waals surface area contributed by atoms with E-state index in [0.29, 0.717) is 11.0 Å². The topological polar surface area (TPSA) is 78.0 Å². The van der Waals surface area contributed by atoms with Crippen molar-refractivity contribution in [3.63, 3.8) is 0 Å². The molecule has 1 aromatic carbocycles. The van der Waals surface area contributed by atoms with Gasteiger partial charge in [0.25, 0.3) is 9.05 Å². The third kappa shape index (κ3) is 1.42. The number of nitrogen functional groups attached to an aromatic ring is 1. The first kappa shape index (κ1) is 9.29. The van der Waals surface area contributed by atoms with Gasteiger partial charge < -0.3 is 5.84 Å². The van der Waals surface area contributed by atoms with E-state index >= 15 is 0 Å². The number of nitrogens with zero attached hydrogens (tertiary/aromatic N) is 2. The van der Waals surface area contributed by atoms with E-state index in [-0.39, 0.29) is 4.90 Å². The third-order valence-electron chi connectivity index (χ3n) is 1.83. The first-order chi connectivity index (χ1) is 6.48. The van der Waals surface area contributed by atoms with E-state index in [1.165, 1.54) is 23.1 Å². The van der Waals surface area contributed by atoms with E-state index in [1.807, 2.05) is 0 Å². The third-order valence-corrected chi connectivity index (χ3v) is 3.18. The van der Waals surface area contributed by atoms with Crippen molar-refractivity contribution in [2.75, 3.05) is 5.84 Å². The Morgan fingerprint density at radius 3 is 2.79 bits per heavy atom. The summed E-state index contributed by atoms with van der Waals surface area (Å²) in [6.07, 6.45) is 1.40. The van der Waals surface area contributed by atoms with Crippen LogP contribution >= 0.6 is 10.7 Å². The van der Waals surface area contributed by atoms with Crippen molar-refractivity contribution in [1.82, 2.24) is 9.66 Å². The van der Waals surface area contributed by atoms with E-state index in [0.717, 1.165) is 0 Å². The van der Waals surface area contributed by atoms with E-state index < -0.39 is 9.05 Å². The van der Waals surface area contributed by atoms with Crippen molar-refractivity contribution >= 4 is 30.8 Å². The maximum atomic E-state index is 11.0. The molecule has 2 rings (SSSR count). The Hall–Kier alpha value is -1.27. The van der Waals surface area contributed by atoms with Crippen molar-refractivity contribution in [3.05, 3.63) is 24.5 Å². The van der Waals surface area contributed by atoms with Crippen LogP contribution in [-0.4, -0.2) is 18.1 Å². The van der Waals surface area contributed by atoms with E-state index in [1.54, 1.807) is 6.07 Å². The number of rotatable bonds is 1. The first-order valence-electron chi connectivity index (χ1n) is 3.65. The highest BCUT2D eigenvalue weighted by Gasteiger charge is 2.11. The summed E-state index contributed by atoms with van der Waals surface area (Å²) < 4.78 is 23.3. The van der Waals surface area contributed by atoms with Crippen LogP contribution in [0.5, 0.6) is 0 Å². The fourth-order valence-corrected chi connectivity index (χ4v) is 1.93. The summed E-state index contributed by atoms with van der Waals surface area (Å²) in [5.41, 5.74) is 1.14. The lowest BCUT2D eigenvalue weighted by atomic mass is 10.3. The maximum Gasteiger partial charge on any atom is 0.261 e. The second-order valence-electron chi connectivity index (χ2n) is 2.74. The highest BCUT2D eigenvalue weighted by atomic mass is 35.7. The van der Waals surface area contributed by atoms with Crippen LogP contribution in [0.4, 0.5) is 0 Å². The Labute approximate surface area is 84.5 Å². The van der Waals surface area contributed by atoms with Crippen molar-refractivity contribution in [2.45, 2.75) is 4.90 Å². The van der Waals surface area contributed by atoms with Crippen LogP contribution in [0.25, 0.3) is 11.0 Å². The van der Waals surface area contributed by atoms with Gasteiger partial charge >= 0.3 is 0 Å². The number of imidazole rings is 1. The van der Waals surface area contributed by atoms with Gasteiger partial charge in [-0.15, -0.1) is 0 Å². The predicted octanol–water partition coefficient (Wildman–Crippen LogP) is 0.678. The number of hydrogen-bond donors (Lipinski definition) is 1. The lowest BCUT2D eigenvalue weighted by Gasteiger charge is -1.96. The largest absolute Gasteiger partial charge is 0.338 e. The number of aromatic nitrogens is 2. The van der Waals surface area contributed by atoms with Crippen molar-refractivity contribution in [2.24, 2.45) is 0 Å². The normalized spacial score (nSPS) is 12.1. The Bertz CT molecular complexity index is 590. The van der Waals surface area contributed by atoms with Gasteiger partial charge in [-0.25, -0.2) is 18.1 Å². The highest BCUT2D eigenvalue weighted by Crippen LogP contribution is 2.19. The van der Waals surface area contributed by atoms with Crippen LogP contribution in [0, 0.1) is 0 Å². The molecule has 74 valence electrons. The van der Waals surface area contributed by atoms with Crippen LogP contribution < -0.4 is 5.84 Å². The molecule has 0 spiro atoms. The zero-order valence-corrected chi connectivity index (χ0v) is 8.46. The number of nitrogens with two attached hydrogens (primary N) is 1. The molecule has 2 aromatic rings. The number of hydrogen-bond acceptors (Lipinski definition) is 4. The average Bonchev–Trinajstić information content (AvgIpc) is 2.46. The molecular weight excluding hydrogens is 226 g/mol. The van der Waals surface area contributed by atoms with Crippen LogP contribution in [0.3, 0.4) is 0 Å². The highest BCUT2D eigenvalue weighted by molar-refractivity contribution is 8.13. The Morgan fingerprint density at radius 2 is 2.14 bits per heavy atom. The lowest BCUT2D eigenvalue weighted by molar-refractivity contribution is 0.609. The molecule has 14 heavy (non-hydrogen) atoms. The minimum atomic E-state index is -3.70. The van der Waals surface area contributed by atoms with Crippen LogP contribution in [0.2, 0.25) is 0 Å². The predicted molar refractivity (Wildman–Crippen MR) is 52.9 cm³/mol. The van der Waals surface area contributed by atoms with Crippen molar-refractivity contribution in [3.8, 4) is 0 Å². The zero-order chi connectivity index (χ0) is 10.3. The van der Waals surface area contributed by atoms with Crippen molar-refractivity contribution < 1.29 is 8.42 Å². The van der Waals surface area contributed by atoms with E-state index in [2.05, 4.69) is 4.98 Å². The fraction of sp³-hybridized carbons (Fsp3) is 0.